The molecule has 0 spiro atoms. The van der Waals surface area contributed by atoms with E-state index >= 15 is 0 Å². The van der Waals surface area contributed by atoms with Crippen LogP contribution in [0.15, 0.2) is 89.3 Å². The zero-order chi connectivity index (χ0) is 18.9. The Bertz CT molecular complexity index is 1320. The summed E-state index contributed by atoms with van der Waals surface area (Å²) >= 11 is 1.52. The summed E-state index contributed by atoms with van der Waals surface area (Å²) in [6.45, 7) is 0. The highest BCUT2D eigenvalue weighted by molar-refractivity contribution is 7.13. The summed E-state index contributed by atoms with van der Waals surface area (Å²) in [6, 6.07) is 21.7. The Balaban J connectivity index is 1.80. The van der Waals surface area contributed by atoms with Gasteiger partial charge in [0, 0.05) is 39.8 Å². The molecule has 3 heterocycles. The van der Waals surface area contributed by atoms with Crippen LogP contribution in [0.25, 0.3) is 43.9 Å². The Kier molecular flexibility index (Phi) is 4.07. The third kappa shape index (κ3) is 2.82. The number of hydrogen-bond acceptors (Lipinski definition) is 4. The van der Waals surface area contributed by atoms with Crippen molar-refractivity contribution in [2.24, 2.45) is 0 Å². The van der Waals surface area contributed by atoms with Crippen LogP contribution in [0.2, 0.25) is 0 Å². The van der Waals surface area contributed by atoms with E-state index in [2.05, 4.69) is 9.97 Å². The third-order valence-electron chi connectivity index (χ3n) is 4.67. The highest BCUT2D eigenvalue weighted by Crippen LogP contribution is 2.36. The van der Waals surface area contributed by atoms with E-state index in [4.69, 9.17) is 4.98 Å². The first-order valence-corrected chi connectivity index (χ1v) is 9.76. The number of pyridine rings is 2. The van der Waals surface area contributed by atoms with E-state index in [9.17, 15) is 4.79 Å². The first-order chi connectivity index (χ1) is 13.8. The Morgan fingerprint density at radius 3 is 2.36 bits per heavy atom. The van der Waals surface area contributed by atoms with Crippen LogP contribution in [0.1, 0.15) is 0 Å². The standard InChI is InChI=1S/C23H15N3OS/c27-22-21(19-14-28-23(26-19)16-10-12-24-13-11-16)20(15-6-2-1-3-7-15)17-8-4-5-9-18(17)25-22/h1-14H,(H,25,27). The molecule has 0 radical (unpaired) electrons. The molecular weight excluding hydrogens is 366 g/mol. The van der Waals surface area contributed by atoms with Crippen molar-refractivity contribution in [1.82, 2.24) is 15.0 Å². The number of aromatic nitrogens is 3. The normalized spacial score (nSPS) is 11.0. The van der Waals surface area contributed by atoms with Crippen LogP contribution in [-0.4, -0.2) is 15.0 Å². The third-order valence-corrected chi connectivity index (χ3v) is 5.56. The number of nitrogens with zero attached hydrogens (tertiary/aromatic N) is 2. The molecule has 1 N–H and O–H groups in total. The van der Waals surface area contributed by atoms with Crippen LogP contribution in [0, 0.1) is 0 Å². The lowest BCUT2D eigenvalue weighted by Gasteiger charge is -2.11. The van der Waals surface area contributed by atoms with Crippen molar-refractivity contribution >= 4 is 22.2 Å². The van der Waals surface area contributed by atoms with Gasteiger partial charge in [0.15, 0.2) is 0 Å². The molecule has 3 aromatic heterocycles. The summed E-state index contributed by atoms with van der Waals surface area (Å²) in [5, 5.41) is 3.81. The van der Waals surface area contributed by atoms with E-state index in [1.54, 1.807) is 12.4 Å². The summed E-state index contributed by atoms with van der Waals surface area (Å²) in [5.74, 6) is 0. The molecule has 5 heteroatoms. The monoisotopic (exact) mass is 381 g/mol. The van der Waals surface area contributed by atoms with E-state index in [1.807, 2.05) is 72.1 Å². The van der Waals surface area contributed by atoms with Gasteiger partial charge in [-0.2, -0.15) is 0 Å². The van der Waals surface area contributed by atoms with E-state index < -0.39 is 0 Å². The molecule has 28 heavy (non-hydrogen) atoms. The molecule has 0 bridgehead atoms. The van der Waals surface area contributed by atoms with Gasteiger partial charge in [0.25, 0.3) is 5.56 Å². The van der Waals surface area contributed by atoms with Crippen molar-refractivity contribution in [1.29, 1.82) is 0 Å². The number of thiazole rings is 1. The average molecular weight is 381 g/mol. The maximum Gasteiger partial charge on any atom is 0.258 e. The lowest BCUT2D eigenvalue weighted by molar-refractivity contribution is 1.28. The second-order valence-corrected chi connectivity index (χ2v) is 7.25. The number of nitrogens with one attached hydrogen (secondary N) is 1. The van der Waals surface area contributed by atoms with E-state index in [1.165, 1.54) is 11.3 Å². The van der Waals surface area contributed by atoms with Gasteiger partial charge in [0.05, 0.1) is 11.3 Å². The molecule has 0 unspecified atom stereocenters. The van der Waals surface area contributed by atoms with Crippen LogP contribution in [0.3, 0.4) is 0 Å². The molecule has 5 aromatic rings. The minimum Gasteiger partial charge on any atom is -0.321 e. The van der Waals surface area contributed by atoms with E-state index in [0.717, 1.165) is 32.6 Å². The van der Waals surface area contributed by atoms with Gasteiger partial charge in [-0.1, -0.05) is 48.5 Å². The Labute approximate surface area is 165 Å². The molecule has 0 saturated heterocycles. The predicted molar refractivity (Wildman–Crippen MR) is 114 cm³/mol. The Morgan fingerprint density at radius 2 is 1.54 bits per heavy atom. The van der Waals surface area contributed by atoms with Gasteiger partial charge >= 0.3 is 0 Å². The first kappa shape index (κ1) is 16.6. The topological polar surface area (TPSA) is 58.6 Å². The number of hydrogen-bond donors (Lipinski definition) is 1. The van der Waals surface area contributed by atoms with Gasteiger partial charge in [0.1, 0.15) is 5.01 Å². The van der Waals surface area contributed by atoms with Crippen molar-refractivity contribution in [3.8, 4) is 33.0 Å². The van der Waals surface area contributed by atoms with Crippen molar-refractivity contribution in [3.05, 3.63) is 94.9 Å². The molecule has 5 rings (SSSR count). The van der Waals surface area contributed by atoms with Crippen LogP contribution in [0.5, 0.6) is 0 Å². The van der Waals surface area contributed by atoms with Gasteiger partial charge in [-0.25, -0.2) is 4.98 Å². The summed E-state index contributed by atoms with van der Waals surface area (Å²) in [5.41, 5.74) is 4.86. The van der Waals surface area contributed by atoms with Crippen molar-refractivity contribution < 1.29 is 0 Å². The fourth-order valence-electron chi connectivity index (χ4n) is 3.41. The Hall–Kier alpha value is -3.57. The predicted octanol–water partition coefficient (Wildman–Crippen LogP) is 5.38. The van der Waals surface area contributed by atoms with Crippen LogP contribution in [0.4, 0.5) is 0 Å². The smallest absolute Gasteiger partial charge is 0.258 e. The molecular formula is C23H15N3OS. The number of aromatic amines is 1. The minimum atomic E-state index is -0.135. The number of rotatable bonds is 3. The quantitative estimate of drug-likeness (QED) is 0.456. The molecule has 2 aromatic carbocycles. The molecule has 0 aliphatic carbocycles. The fourth-order valence-corrected chi connectivity index (χ4v) is 4.22. The Morgan fingerprint density at radius 1 is 0.786 bits per heavy atom. The second kappa shape index (κ2) is 6.87. The van der Waals surface area contributed by atoms with Crippen molar-refractivity contribution in [3.63, 3.8) is 0 Å². The first-order valence-electron chi connectivity index (χ1n) is 8.88. The molecule has 0 aliphatic rings. The average Bonchev–Trinajstić information content (AvgIpc) is 3.24. The van der Waals surface area contributed by atoms with Gasteiger partial charge in [-0.15, -0.1) is 11.3 Å². The number of para-hydroxylation sites is 1. The fraction of sp³-hybridized carbons (Fsp3) is 0. The second-order valence-electron chi connectivity index (χ2n) is 6.39. The zero-order valence-electron chi connectivity index (χ0n) is 14.8. The van der Waals surface area contributed by atoms with Gasteiger partial charge in [-0.3, -0.25) is 9.78 Å². The van der Waals surface area contributed by atoms with Gasteiger partial charge in [0.2, 0.25) is 0 Å². The van der Waals surface area contributed by atoms with E-state index in [-0.39, 0.29) is 5.56 Å². The van der Waals surface area contributed by atoms with Crippen LogP contribution >= 0.6 is 11.3 Å². The van der Waals surface area contributed by atoms with Crippen molar-refractivity contribution in [2.45, 2.75) is 0 Å². The lowest BCUT2D eigenvalue weighted by Crippen LogP contribution is -2.11. The van der Waals surface area contributed by atoms with Crippen LogP contribution in [-0.2, 0) is 0 Å². The number of H-pyrrole nitrogens is 1. The SMILES string of the molecule is O=c1[nH]c2ccccc2c(-c2ccccc2)c1-c1csc(-c2ccncc2)n1. The minimum absolute atomic E-state index is 0.135. The molecule has 0 atom stereocenters. The highest BCUT2D eigenvalue weighted by Gasteiger charge is 2.18. The summed E-state index contributed by atoms with van der Waals surface area (Å²) in [7, 11) is 0. The number of fused-ring (bicyclic) bond motifs is 1. The van der Waals surface area contributed by atoms with Crippen molar-refractivity contribution in [2.75, 3.05) is 0 Å². The molecule has 134 valence electrons. The maximum absolute atomic E-state index is 13.1. The van der Waals surface area contributed by atoms with Crippen LogP contribution < -0.4 is 5.56 Å². The maximum atomic E-state index is 13.1. The summed E-state index contributed by atoms with van der Waals surface area (Å²) in [4.78, 5) is 24.9. The molecule has 4 nitrogen and oxygen atoms in total. The van der Waals surface area contributed by atoms with Gasteiger partial charge in [-0.05, 0) is 23.8 Å². The lowest BCUT2D eigenvalue weighted by atomic mass is 9.95. The largest absolute Gasteiger partial charge is 0.321 e. The highest BCUT2D eigenvalue weighted by atomic mass is 32.1. The number of benzene rings is 2. The molecule has 0 amide bonds. The van der Waals surface area contributed by atoms with E-state index in [0.29, 0.717) is 11.3 Å². The molecule has 0 aliphatic heterocycles. The molecule has 0 fully saturated rings. The summed E-state index contributed by atoms with van der Waals surface area (Å²) < 4.78 is 0. The van der Waals surface area contributed by atoms with Gasteiger partial charge < -0.3 is 4.98 Å². The molecule has 0 saturated carbocycles. The zero-order valence-corrected chi connectivity index (χ0v) is 15.6. The summed E-state index contributed by atoms with van der Waals surface area (Å²) in [6.07, 6.45) is 3.49.